The Kier molecular flexibility index (Phi) is 8.79. The van der Waals surface area contributed by atoms with Crippen LogP contribution in [0.25, 0.3) is 0 Å². The van der Waals surface area contributed by atoms with Gasteiger partial charge < -0.3 is 14.6 Å². The average molecular weight is 327 g/mol. The van der Waals surface area contributed by atoms with Crippen LogP contribution in [0, 0.1) is 0 Å². The van der Waals surface area contributed by atoms with Gasteiger partial charge in [0.2, 0.25) is 0 Å². The summed E-state index contributed by atoms with van der Waals surface area (Å²) in [5.41, 5.74) is 0. The van der Waals surface area contributed by atoms with Crippen LogP contribution in [0.1, 0.15) is 44.9 Å². The summed E-state index contributed by atoms with van der Waals surface area (Å²) in [6.45, 7) is 3.16. The lowest BCUT2D eigenvalue weighted by Gasteiger charge is -2.18. The quantitative estimate of drug-likeness (QED) is 0.417. The summed E-state index contributed by atoms with van der Waals surface area (Å²) in [7, 11) is 6.25. The number of unbranched alkanes of at least 4 members (excludes halogenated alkanes) is 2. The largest absolute Gasteiger partial charge is 0.333 e. The second kappa shape index (κ2) is 10.3. The normalized spacial score (nSPS) is 15.1. The Balaban J connectivity index is 2.03. The summed E-state index contributed by atoms with van der Waals surface area (Å²) in [4.78, 5) is 43.5. The smallest absolute Gasteiger partial charge is 0.330 e. The molecule has 1 saturated heterocycles. The molecular formula is C16H29N3O4. The van der Waals surface area contributed by atoms with Crippen LogP contribution in [0.4, 0.5) is 0 Å². The molecule has 0 radical (unpaired) electrons. The highest BCUT2D eigenvalue weighted by molar-refractivity contribution is 6.01. The molecular weight excluding hydrogens is 298 g/mol. The van der Waals surface area contributed by atoms with E-state index in [0.717, 1.165) is 38.9 Å². The van der Waals surface area contributed by atoms with Gasteiger partial charge in [-0.3, -0.25) is 9.59 Å². The zero-order valence-electron chi connectivity index (χ0n) is 14.5. The number of carbonyl (C=O) groups excluding carboxylic acids is 3. The van der Waals surface area contributed by atoms with Gasteiger partial charge in [-0.1, -0.05) is 6.42 Å². The zero-order valence-corrected chi connectivity index (χ0v) is 14.5. The van der Waals surface area contributed by atoms with Crippen LogP contribution in [-0.4, -0.2) is 73.4 Å². The molecule has 0 spiro atoms. The van der Waals surface area contributed by atoms with Gasteiger partial charge >= 0.3 is 5.97 Å². The van der Waals surface area contributed by atoms with Gasteiger partial charge in [0.15, 0.2) is 0 Å². The summed E-state index contributed by atoms with van der Waals surface area (Å²) >= 11 is 0. The molecule has 132 valence electrons. The average Bonchev–Trinajstić information content (AvgIpc) is 2.78. The van der Waals surface area contributed by atoms with E-state index in [0.29, 0.717) is 11.5 Å². The fourth-order valence-electron chi connectivity index (χ4n) is 2.40. The molecule has 1 rings (SSSR count). The minimum Gasteiger partial charge on any atom is -0.330 e. The standard InChI is InChI=1S/C16H29N3O4/c1-17(2)11-7-13-18(3)12-6-4-5-8-16(22)23-19-14(20)9-10-15(19)21/h4-13H2,1-3H3. The molecule has 0 aliphatic carbocycles. The summed E-state index contributed by atoms with van der Waals surface area (Å²) in [6, 6.07) is 0. The van der Waals surface area contributed by atoms with Gasteiger partial charge in [-0.05, 0) is 60.0 Å². The summed E-state index contributed by atoms with van der Waals surface area (Å²) in [6.07, 6.45) is 4.30. The predicted octanol–water partition coefficient (Wildman–Crippen LogP) is 1.04. The lowest BCUT2D eigenvalue weighted by atomic mass is 10.2. The maximum absolute atomic E-state index is 11.6. The molecule has 7 heteroatoms. The first-order valence-corrected chi connectivity index (χ1v) is 8.30. The fraction of sp³-hybridized carbons (Fsp3) is 0.812. The van der Waals surface area contributed by atoms with Gasteiger partial charge in [0, 0.05) is 19.3 Å². The molecule has 1 aliphatic rings. The lowest BCUT2D eigenvalue weighted by molar-refractivity contribution is -0.197. The Morgan fingerprint density at radius 3 is 2.17 bits per heavy atom. The molecule has 0 aromatic heterocycles. The Morgan fingerprint density at radius 1 is 0.957 bits per heavy atom. The minimum absolute atomic E-state index is 0.131. The highest BCUT2D eigenvalue weighted by atomic mass is 16.7. The second-order valence-electron chi connectivity index (χ2n) is 6.32. The van der Waals surface area contributed by atoms with E-state index in [-0.39, 0.29) is 19.3 Å². The fourth-order valence-corrected chi connectivity index (χ4v) is 2.40. The Hall–Kier alpha value is -1.47. The molecule has 0 saturated carbocycles. The lowest BCUT2D eigenvalue weighted by Crippen LogP contribution is -2.31. The minimum atomic E-state index is -0.507. The van der Waals surface area contributed by atoms with Crippen LogP contribution in [0.15, 0.2) is 0 Å². The van der Waals surface area contributed by atoms with Gasteiger partial charge in [0.05, 0.1) is 0 Å². The zero-order chi connectivity index (χ0) is 17.2. The molecule has 0 aromatic carbocycles. The second-order valence-corrected chi connectivity index (χ2v) is 6.32. The van der Waals surface area contributed by atoms with Crippen molar-refractivity contribution in [3.8, 4) is 0 Å². The van der Waals surface area contributed by atoms with Crippen molar-refractivity contribution in [2.45, 2.75) is 44.9 Å². The van der Waals surface area contributed by atoms with Crippen LogP contribution in [0.5, 0.6) is 0 Å². The number of amides is 2. The van der Waals surface area contributed by atoms with Crippen molar-refractivity contribution in [2.24, 2.45) is 0 Å². The third-order valence-electron chi connectivity index (χ3n) is 3.76. The van der Waals surface area contributed by atoms with Crippen LogP contribution >= 0.6 is 0 Å². The third-order valence-corrected chi connectivity index (χ3v) is 3.76. The number of hydrogen-bond acceptors (Lipinski definition) is 6. The number of imide groups is 1. The number of hydroxylamine groups is 2. The molecule has 1 fully saturated rings. The van der Waals surface area contributed by atoms with E-state index in [1.54, 1.807) is 0 Å². The number of carbonyl (C=O) groups is 3. The van der Waals surface area contributed by atoms with Crippen LogP contribution in [0.3, 0.4) is 0 Å². The van der Waals surface area contributed by atoms with Crippen LogP contribution in [-0.2, 0) is 19.2 Å². The Bertz CT molecular complexity index is 396. The summed E-state index contributed by atoms with van der Waals surface area (Å²) < 4.78 is 0. The molecule has 0 N–H and O–H groups in total. The highest BCUT2D eigenvalue weighted by Crippen LogP contribution is 2.13. The molecule has 1 heterocycles. The Morgan fingerprint density at radius 2 is 1.57 bits per heavy atom. The number of nitrogens with zero attached hydrogens (tertiary/aromatic N) is 3. The van der Waals surface area contributed by atoms with Crippen molar-refractivity contribution in [1.82, 2.24) is 14.9 Å². The van der Waals surface area contributed by atoms with E-state index in [9.17, 15) is 14.4 Å². The van der Waals surface area contributed by atoms with Crippen LogP contribution < -0.4 is 0 Å². The van der Waals surface area contributed by atoms with Crippen molar-refractivity contribution >= 4 is 17.8 Å². The van der Waals surface area contributed by atoms with Crippen molar-refractivity contribution in [3.63, 3.8) is 0 Å². The van der Waals surface area contributed by atoms with Crippen molar-refractivity contribution in [3.05, 3.63) is 0 Å². The first-order chi connectivity index (χ1) is 10.9. The van der Waals surface area contributed by atoms with Gasteiger partial charge in [0.25, 0.3) is 11.8 Å². The van der Waals surface area contributed by atoms with Gasteiger partial charge in [-0.15, -0.1) is 5.06 Å². The van der Waals surface area contributed by atoms with Crippen LogP contribution in [0.2, 0.25) is 0 Å². The first-order valence-electron chi connectivity index (χ1n) is 8.30. The SMILES string of the molecule is CN(C)CCCN(C)CCCCCC(=O)ON1C(=O)CCC1=O. The van der Waals surface area contributed by atoms with E-state index < -0.39 is 17.8 Å². The number of rotatable bonds is 11. The molecule has 23 heavy (non-hydrogen) atoms. The molecule has 0 aromatic rings. The highest BCUT2D eigenvalue weighted by Gasteiger charge is 2.32. The molecule has 0 atom stereocenters. The van der Waals surface area contributed by atoms with Crippen molar-refractivity contribution in [1.29, 1.82) is 0 Å². The van der Waals surface area contributed by atoms with Gasteiger partial charge in [-0.25, -0.2) is 4.79 Å². The van der Waals surface area contributed by atoms with E-state index in [1.165, 1.54) is 0 Å². The van der Waals surface area contributed by atoms with Crippen molar-refractivity contribution < 1.29 is 19.2 Å². The van der Waals surface area contributed by atoms with Gasteiger partial charge in [0.1, 0.15) is 0 Å². The summed E-state index contributed by atoms with van der Waals surface area (Å²) in [5, 5.41) is 0.612. The molecule has 0 unspecified atom stereocenters. The van der Waals surface area contributed by atoms with E-state index in [4.69, 9.17) is 4.84 Å². The molecule has 7 nitrogen and oxygen atoms in total. The maximum Gasteiger partial charge on any atom is 0.333 e. The van der Waals surface area contributed by atoms with Gasteiger partial charge in [-0.2, -0.15) is 0 Å². The maximum atomic E-state index is 11.6. The molecule has 0 bridgehead atoms. The monoisotopic (exact) mass is 327 g/mol. The Labute approximate surface area is 138 Å². The van der Waals surface area contributed by atoms with E-state index in [1.807, 2.05) is 0 Å². The molecule has 1 aliphatic heterocycles. The predicted molar refractivity (Wildman–Crippen MR) is 86.3 cm³/mol. The number of hydrogen-bond donors (Lipinski definition) is 0. The topological polar surface area (TPSA) is 70.2 Å². The van der Waals surface area contributed by atoms with E-state index >= 15 is 0 Å². The third kappa shape index (κ3) is 8.08. The summed E-state index contributed by atoms with van der Waals surface area (Å²) in [5.74, 6) is -1.36. The first kappa shape index (κ1) is 19.6. The molecule has 2 amide bonds. The van der Waals surface area contributed by atoms with Crippen molar-refractivity contribution in [2.75, 3.05) is 40.8 Å². The van der Waals surface area contributed by atoms with E-state index in [2.05, 4.69) is 30.9 Å².